The van der Waals surface area contributed by atoms with Crippen LogP contribution in [0.25, 0.3) is 10.9 Å². The lowest BCUT2D eigenvalue weighted by atomic mass is 10.0. The molecule has 1 amide bonds. The lowest BCUT2D eigenvalue weighted by molar-refractivity contribution is -0.168. The summed E-state index contributed by atoms with van der Waals surface area (Å²) in [5, 5.41) is 10.8. The summed E-state index contributed by atoms with van der Waals surface area (Å²) < 4.78 is 52.7. The first kappa shape index (κ1) is 19.1. The number of benzene rings is 1. The molecule has 2 N–H and O–H groups in total. The number of amides is 1. The molecule has 1 atom stereocenters. The molecule has 1 aliphatic heterocycles. The number of carbonyl (C=O) groups is 1. The quantitative estimate of drug-likeness (QED) is 0.792. The van der Waals surface area contributed by atoms with Crippen LogP contribution in [0.5, 0.6) is 0 Å². The number of halogens is 4. The molecule has 2 heterocycles. The molecule has 9 heteroatoms. The van der Waals surface area contributed by atoms with Gasteiger partial charge in [-0.3, -0.25) is 15.2 Å². The normalized spacial score (nSPS) is 19.7. The highest BCUT2D eigenvalue weighted by atomic mass is 19.3. The largest absolute Gasteiger partial charge is 0.364 e. The second-order valence-corrected chi connectivity index (χ2v) is 6.28. The van der Waals surface area contributed by atoms with Crippen molar-refractivity contribution in [3.8, 4) is 0 Å². The second kappa shape index (κ2) is 7.15. The molecule has 5 nitrogen and oxygen atoms in total. The number of nitrogens with zero attached hydrogens (tertiary/aromatic N) is 2. The number of pyridine rings is 1. The summed E-state index contributed by atoms with van der Waals surface area (Å²) in [6, 6.07) is 8.03. The van der Waals surface area contributed by atoms with Crippen LogP contribution in [-0.2, 0) is 6.42 Å². The lowest BCUT2D eigenvalue weighted by Gasteiger charge is -2.31. The first-order chi connectivity index (χ1) is 12.8. The highest BCUT2D eigenvalue weighted by Gasteiger charge is 2.53. The predicted molar refractivity (Wildman–Crippen MR) is 89.9 cm³/mol. The highest BCUT2D eigenvalue weighted by molar-refractivity contribution is 6.06. The van der Waals surface area contributed by atoms with Gasteiger partial charge in [-0.1, -0.05) is 31.5 Å². The van der Waals surface area contributed by atoms with Crippen molar-refractivity contribution in [2.45, 2.75) is 38.3 Å². The maximum atomic E-state index is 13.4. The van der Waals surface area contributed by atoms with Crippen LogP contribution in [-0.4, -0.2) is 33.2 Å². The standard InChI is InChI=1S/C18H17F4N3O2/c1-2-5-10-8-12(11-6-3-4-7-13(11)23-10)16(26)25-18(27,17(21)22)9-14(24-25)15(19)20/h3-4,6-8,17,24,27H,2,5,9H2,1H3. The molecule has 1 unspecified atom stereocenters. The van der Waals surface area contributed by atoms with E-state index >= 15 is 0 Å². The Morgan fingerprint density at radius 3 is 2.70 bits per heavy atom. The fourth-order valence-corrected chi connectivity index (χ4v) is 3.03. The fourth-order valence-electron chi connectivity index (χ4n) is 3.03. The first-order valence-corrected chi connectivity index (χ1v) is 8.32. The topological polar surface area (TPSA) is 65.5 Å². The third kappa shape index (κ3) is 3.34. The van der Waals surface area contributed by atoms with Gasteiger partial charge in [0.1, 0.15) is 5.70 Å². The number of alkyl halides is 2. The summed E-state index contributed by atoms with van der Waals surface area (Å²) in [6.45, 7) is 1.91. The Hall–Kier alpha value is -2.68. The van der Waals surface area contributed by atoms with E-state index in [2.05, 4.69) is 4.98 Å². The average Bonchev–Trinajstić information content (AvgIpc) is 3.00. The van der Waals surface area contributed by atoms with Crippen LogP contribution in [0.2, 0.25) is 0 Å². The first-order valence-electron chi connectivity index (χ1n) is 8.32. The van der Waals surface area contributed by atoms with Crippen molar-refractivity contribution < 1.29 is 27.5 Å². The van der Waals surface area contributed by atoms with Gasteiger partial charge in [0.15, 0.2) is 0 Å². The monoisotopic (exact) mass is 383 g/mol. The maximum absolute atomic E-state index is 13.4. The molecule has 0 spiro atoms. The number of aryl methyl sites for hydroxylation is 1. The van der Waals surface area contributed by atoms with E-state index in [-0.39, 0.29) is 10.6 Å². The molecule has 0 radical (unpaired) electrons. The zero-order chi connectivity index (χ0) is 19.8. The summed E-state index contributed by atoms with van der Waals surface area (Å²) in [5.41, 5.74) is -1.03. The summed E-state index contributed by atoms with van der Waals surface area (Å²) in [5.74, 6) is -1.04. The third-order valence-corrected chi connectivity index (χ3v) is 4.36. The number of nitrogens with one attached hydrogen (secondary N) is 1. The molecule has 1 fully saturated rings. The minimum Gasteiger partial charge on any atom is -0.364 e. The molecule has 0 saturated carbocycles. The van der Waals surface area contributed by atoms with Crippen molar-refractivity contribution >= 4 is 16.8 Å². The van der Waals surface area contributed by atoms with E-state index in [1.165, 1.54) is 6.07 Å². The minimum absolute atomic E-state index is 0.00357. The minimum atomic E-state index is -3.45. The van der Waals surface area contributed by atoms with Gasteiger partial charge in [0, 0.05) is 11.1 Å². The van der Waals surface area contributed by atoms with Crippen LogP contribution in [0, 0.1) is 0 Å². The van der Waals surface area contributed by atoms with Gasteiger partial charge >= 0.3 is 0 Å². The summed E-state index contributed by atoms with van der Waals surface area (Å²) in [6.07, 6.45) is -5.53. The summed E-state index contributed by atoms with van der Waals surface area (Å²) >= 11 is 0. The number of para-hydroxylation sites is 1. The van der Waals surface area contributed by atoms with Gasteiger partial charge in [0.2, 0.25) is 5.72 Å². The van der Waals surface area contributed by atoms with Crippen molar-refractivity contribution in [3.05, 3.63) is 53.4 Å². The van der Waals surface area contributed by atoms with Crippen molar-refractivity contribution in [3.63, 3.8) is 0 Å². The van der Waals surface area contributed by atoms with Gasteiger partial charge in [-0.15, -0.1) is 0 Å². The Morgan fingerprint density at radius 1 is 1.37 bits per heavy atom. The number of hydrazine groups is 1. The van der Waals surface area contributed by atoms with E-state index in [0.717, 1.165) is 6.42 Å². The number of rotatable bonds is 4. The Kier molecular flexibility index (Phi) is 5.05. The zero-order valence-corrected chi connectivity index (χ0v) is 14.3. The fraction of sp³-hybridized carbons (Fsp3) is 0.333. The Morgan fingerprint density at radius 2 is 2.07 bits per heavy atom. The average molecular weight is 383 g/mol. The van der Waals surface area contributed by atoms with Crippen LogP contribution < -0.4 is 5.43 Å². The molecular formula is C18H17F4N3O2. The van der Waals surface area contributed by atoms with Gasteiger partial charge in [-0.2, -0.15) is 8.78 Å². The number of hydrogen-bond donors (Lipinski definition) is 2. The number of hydrogen-bond acceptors (Lipinski definition) is 4. The molecule has 0 bridgehead atoms. The molecule has 144 valence electrons. The summed E-state index contributed by atoms with van der Waals surface area (Å²) in [4.78, 5) is 17.4. The lowest BCUT2D eigenvalue weighted by Crippen LogP contribution is -2.55. The number of fused-ring (bicyclic) bond motifs is 1. The molecular weight excluding hydrogens is 366 g/mol. The molecule has 1 aliphatic rings. The predicted octanol–water partition coefficient (Wildman–Crippen LogP) is 3.60. The van der Waals surface area contributed by atoms with E-state index in [4.69, 9.17) is 0 Å². The van der Waals surface area contributed by atoms with Crippen LogP contribution in [0.15, 0.2) is 42.1 Å². The van der Waals surface area contributed by atoms with Crippen molar-refractivity contribution in [1.29, 1.82) is 0 Å². The molecule has 0 aliphatic carbocycles. The number of aromatic nitrogens is 1. The van der Waals surface area contributed by atoms with Gasteiger partial charge in [-0.25, -0.2) is 13.8 Å². The zero-order valence-electron chi connectivity index (χ0n) is 14.3. The van der Waals surface area contributed by atoms with Gasteiger partial charge in [0.25, 0.3) is 18.4 Å². The van der Waals surface area contributed by atoms with Crippen LogP contribution in [0.3, 0.4) is 0 Å². The van der Waals surface area contributed by atoms with Crippen molar-refractivity contribution in [1.82, 2.24) is 15.4 Å². The number of aliphatic hydroxyl groups is 1. The van der Waals surface area contributed by atoms with Gasteiger partial charge in [-0.05, 0) is 18.6 Å². The molecule has 3 rings (SSSR count). The Bertz CT molecular complexity index is 915. The van der Waals surface area contributed by atoms with Gasteiger partial charge in [0.05, 0.1) is 17.5 Å². The highest BCUT2D eigenvalue weighted by Crippen LogP contribution is 2.36. The van der Waals surface area contributed by atoms with E-state index in [0.29, 0.717) is 23.0 Å². The third-order valence-electron chi connectivity index (χ3n) is 4.36. The van der Waals surface area contributed by atoms with Crippen molar-refractivity contribution in [2.24, 2.45) is 0 Å². The second-order valence-electron chi connectivity index (χ2n) is 6.28. The van der Waals surface area contributed by atoms with E-state index < -0.39 is 36.3 Å². The van der Waals surface area contributed by atoms with Crippen LogP contribution in [0.4, 0.5) is 17.6 Å². The molecule has 27 heavy (non-hydrogen) atoms. The van der Waals surface area contributed by atoms with Crippen LogP contribution >= 0.6 is 0 Å². The Labute approximate surface area is 152 Å². The molecule has 1 aromatic heterocycles. The van der Waals surface area contributed by atoms with Crippen molar-refractivity contribution in [2.75, 3.05) is 0 Å². The van der Waals surface area contributed by atoms with Crippen LogP contribution in [0.1, 0.15) is 35.8 Å². The maximum Gasteiger partial charge on any atom is 0.291 e. The molecule has 2 aromatic rings. The van der Waals surface area contributed by atoms with E-state index in [1.54, 1.807) is 24.3 Å². The number of carbonyl (C=O) groups excluding carboxylic acids is 1. The smallest absolute Gasteiger partial charge is 0.291 e. The Balaban J connectivity index is 2.13. The summed E-state index contributed by atoms with van der Waals surface area (Å²) in [7, 11) is 0. The molecule has 1 saturated heterocycles. The van der Waals surface area contributed by atoms with E-state index in [1.807, 2.05) is 12.3 Å². The van der Waals surface area contributed by atoms with Gasteiger partial charge < -0.3 is 5.11 Å². The SMILES string of the molecule is CCCc1cc(C(=O)N2NC(=C(F)F)CC2(O)C(F)F)c2ccccc2n1. The molecule has 1 aromatic carbocycles. The van der Waals surface area contributed by atoms with E-state index in [9.17, 15) is 27.5 Å².